The maximum atomic E-state index is 12.1. The number of carbonyl (C=O) groups is 1. The highest BCUT2D eigenvalue weighted by Gasteiger charge is 2.17. The Kier molecular flexibility index (Phi) is 4.56. The van der Waals surface area contributed by atoms with Crippen molar-refractivity contribution in [3.05, 3.63) is 53.2 Å². The molecule has 1 fully saturated rings. The highest BCUT2D eigenvalue weighted by molar-refractivity contribution is 6.30. The van der Waals surface area contributed by atoms with Crippen molar-refractivity contribution < 1.29 is 14.3 Å². The van der Waals surface area contributed by atoms with Gasteiger partial charge in [-0.25, -0.2) is 4.98 Å². The molecule has 0 spiro atoms. The number of aromatic nitrogens is 1. The Bertz CT molecular complexity index is 637. The molecule has 1 N–H and O–H groups in total. The summed E-state index contributed by atoms with van der Waals surface area (Å²) in [6.07, 6.45) is 2.40. The molecule has 1 aromatic heterocycles. The van der Waals surface area contributed by atoms with Crippen molar-refractivity contribution >= 4 is 23.2 Å². The summed E-state index contributed by atoms with van der Waals surface area (Å²) >= 11 is 5.81. The van der Waals surface area contributed by atoms with Crippen molar-refractivity contribution in [3.63, 3.8) is 0 Å². The quantitative estimate of drug-likeness (QED) is 0.940. The van der Waals surface area contributed by atoms with E-state index < -0.39 is 0 Å². The largest absolute Gasteiger partial charge is 0.472 e. The molecule has 0 saturated carbocycles. The fourth-order valence-electron chi connectivity index (χ4n) is 2.10. The van der Waals surface area contributed by atoms with Crippen LogP contribution in [0.4, 0.5) is 5.69 Å². The summed E-state index contributed by atoms with van der Waals surface area (Å²) in [5, 5.41) is 3.40. The Morgan fingerprint density at radius 3 is 2.73 bits per heavy atom. The lowest BCUT2D eigenvalue weighted by molar-refractivity contribution is 0.102. The van der Waals surface area contributed by atoms with Gasteiger partial charge in [0, 0.05) is 29.4 Å². The van der Waals surface area contributed by atoms with E-state index in [4.69, 9.17) is 21.1 Å². The number of pyridine rings is 1. The van der Waals surface area contributed by atoms with E-state index in [1.165, 1.54) is 6.20 Å². The summed E-state index contributed by atoms with van der Waals surface area (Å²) in [5.41, 5.74) is 1.14. The molecule has 6 heteroatoms. The number of hydrogen-bond donors (Lipinski definition) is 1. The molecule has 0 bridgehead atoms. The second-order valence-corrected chi connectivity index (χ2v) is 5.39. The summed E-state index contributed by atoms with van der Waals surface area (Å²) in [6, 6.07) is 10.3. The average Bonchev–Trinajstić information content (AvgIpc) is 3.03. The molecule has 1 saturated heterocycles. The van der Waals surface area contributed by atoms with Crippen LogP contribution >= 0.6 is 11.6 Å². The van der Waals surface area contributed by atoms with Crippen LogP contribution in [0, 0.1) is 0 Å². The van der Waals surface area contributed by atoms with E-state index >= 15 is 0 Å². The minimum atomic E-state index is -0.231. The van der Waals surface area contributed by atoms with E-state index in [2.05, 4.69) is 10.3 Å². The number of ether oxygens (including phenoxy) is 2. The van der Waals surface area contributed by atoms with Gasteiger partial charge in [-0.05, 0) is 30.3 Å². The molecule has 5 nitrogen and oxygen atoms in total. The summed E-state index contributed by atoms with van der Waals surface area (Å²) in [7, 11) is 0. The molecule has 1 unspecified atom stereocenters. The van der Waals surface area contributed by atoms with Crippen LogP contribution in [0.5, 0.6) is 5.88 Å². The van der Waals surface area contributed by atoms with Gasteiger partial charge >= 0.3 is 0 Å². The van der Waals surface area contributed by atoms with Crippen molar-refractivity contribution in [1.82, 2.24) is 4.98 Å². The van der Waals surface area contributed by atoms with Gasteiger partial charge in [0.05, 0.1) is 18.8 Å². The molecule has 2 aromatic rings. The van der Waals surface area contributed by atoms with Gasteiger partial charge in [-0.2, -0.15) is 0 Å². The Labute approximate surface area is 133 Å². The van der Waals surface area contributed by atoms with Gasteiger partial charge in [-0.15, -0.1) is 0 Å². The SMILES string of the molecule is O=C(Nc1ccc(Cl)cc1)c1ccc(OC2CCOC2)nc1. The highest BCUT2D eigenvalue weighted by atomic mass is 35.5. The third-order valence-corrected chi connectivity index (χ3v) is 3.53. The smallest absolute Gasteiger partial charge is 0.257 e. The fraction of sp³-hybridized carbons (Fsp3) is 0.250. The molecule has 1 amide bonds. The number of amides is 1. The van der Waals surface area contributed by atoms with Gasteiger partial charge in [0.25, 0.3) is 5.91 Å². The van der Waals surface area contributed by atoms with Crippen LogP contribution in [-0.4, -0.2) is 30.2 Å². The number of carbonyl (C=O) groups excluding carboxylic acids is 1. The standard InChI is InChI=1S/C16H15ClN2O3/c17-12-2-4-13(5-3-12)19-16(20)11-1-6-15(18-9-11)22-14-7-8-21-10-14/h1-6,9,14H,7-8,10H2,(H,19,20). The minimum absolute atomic E-state index is 0.0428. The number of anilines is 1. The molecular weight excluding hydrogens is 304 g/mol. The predicted octanol–water partition coefficient (Wildman–Crippen LogP) is 3.16. The zero-order valence-electron chi connectivity index (χ0n) is 11.8. The van der Waals surface area contributed by atoms with Crippen LogP contribution < -0.4 is 10.1 Å². The number of rotatable bonds is 4. The molecule has 2 heterocycles. The fourth-order valence-corrected chi connectivity index (χ4v) is 2.22. The zero-order chi connectivity index (χ0) is 15.4. The molecule has 3 rings (SSSR count). The zero-order valence-corrected chi connectivity index (χ0v) is 12.5. The minimum Gasteiger partial charge on any atom is -0.472 e. The van der Waals surface area contributed by atoms with Gasteiger partial charge in [0.1, 0.15) is 6.10 Å². The summed E-state index contributed by atoms with van der Waals surface area (Å²) in [6.45, 7) is 1.30. The van der Waals surface area contributed by atoms with Crippen LogP contribution in [0.3, 0.4) is 0 Å². The van der Waals surface area contributed by atoms with Crippen molar-refractivity contribution in [1.29, 1.82) is 0 Å². The van der Waals surface area contributed by atoms with Crippen molar-refractivity contribution in [3.8, 4) is 5.88 Å². The Morgan fingerprint density at radius 2 is 2.09 bits per heavy atom. The van der Waals surface area contributed by atoms with Gasteiger partial charge in [-0.1, -0.05) is 11.6 Å². The van der Waals surface area contributed by atoms with Gasteiger partial charge < -0.3 is 14.8 Å². The topological polar surface area (TPSA) is 60.5 Å². The first kappa shape index (κ1) is 14.8. The average molecular weight is 319 g/mol. The lowest BCUT2D eigenvalue weighted by Gasteiger charge is -2.11. The van der Waals surface area contributed by atoms with Crippen molar-refractivity contribution in [2.45, 2.75) is 12.5 Å². The van der Waals surface area contributed by atoms with Crippen molar-refractivity contribution in [2.24, 2.45) is 0 Å². The molecule has 0 radical (unpaired) electrons. The van der Waals surface area contributed by atoms with Gasteiger partial charge in [0.15, 0.2) is 0 Å². The molecule has 1 aliphatic rings. The highest BCUT2D eigenvalue weighted by Crippen LogP contribution is 2.17. The van der Waals surface area contributed by atoms with E-state index in [1.54, 1.807) is 36.4 Å². The Morgan fingerprint density at radius 1 is 1.27 bits per heavy atom. The van der Waals surface area contributed by atoms with Gasteiger partial charge in [-0.3, -0.25) is 4.79 Å². The predicted molar refractivity (Wildman–Crippen MR) is 83.5 cm³/mol. The number of halogens is 1. The molecule has 1 atom stereocenters. The van der Waals surface area contributed by atoms with Crippen LogP contribution in [0.2, 0.25) is 5.02 Å². The number of nitrogens with one attached hydrogen (secondary N) is 1. The summed E-state index contributed by atoms with van der Waals surface area (Å²) in [5.74, 6) is 0.268. The summed E-state index contributed by atoms with van der Waals surface area (Å²) < 4.78 is 10.9. The molecule has 114 valence electrons. The monoisotopic (exact) mass is 318 g/mol. The first-order chi connectivity index (χ1) is 10.7. The molecule has 1 aliphatic heterocycles. The maximum absolute atomic E-state index is 12.1. The van der Waals surface area contributed by atoms with E-state index in [0.717, 1.165) is 6.42 Å². The third kappa shape index (κ3) is 3.75. The first-order valence-corrected chi connectivity index (χ1v) is 7.36. The maximum Gasteiger partial charge on any atom is 0.257 e. The van der Waals surface area contributed by atoms with E-state index in [0.29, 0.717) is 35.4 Å². The van der Waals surface area contributed by atoms with E-state index in [1.807, 2.05) is 0 Å². The van der Waals surface area contributed by atoms with E-state index in [9.17, 15) is 4.79 Å². The molecule has 22 heavy (non-hydrogen) atoms. The van der Waals surface area contributed by atoms with Gasteiger partial charge in [0.2, 0.25) is 5.88 Å². The second kappa shape index (κ2) is 6.77. The third-order valence-electron chi connectivity index (χ3n) is 3.28. The molecule has 1 aromatic carbocycles. The Hall–Kier alpha value is -2.11. The van der Waals surface area contributed by atoms with Crippen LogP contribution in [-0.2, 0) is 4.74 Å². The van der Waals surface area contributed by atoms with Crippen LogP contribution in [0.25, 0.3) is 0 Å². The first-order valence-electron chi connectivity index (χ1n) is 6.98. The normalized spacial score (nSPS) is 17.2. The second-order valence-electron chi connectivity index (χ2n) is 4.95. The van der Waals surface area contributed by atoms with E-state index in [-0.39, 0.29) is 12.0 Å². The number of benzene rings is 1. The number of hydrogen-bond acceptors (Lipinski definition) is 4. The molecule has 0 aliphatic carbocycles. The number of nitrogens with zero attached hydrogens (tertiary/aromatic N) is 1. The lowest BCUT2D eigenvalue weighted by Crippen LogP contribution is -2.17. The lowest BCUT2D eigenvalue weighted by atomic mass is 10.2. The van der Waals surface area contributed by atoms with Crippen LogP contribution in [0.1, 0.15) is 16.8 Å². The Balaban J connectivity index is 1.61. The summed E-state index contributed by atoms with van der Waals surface area (Å²) in [4.78, 5) is 16.3. The molecular formula is C16H15ClN2O3. The van der Waals surface area contributed by atoms with Crippen molar-refractivity contribution in [2.75, 3.05) is 18.5 Å². The van der Waals surface area contributed by atoms with Crippen LogP contribution in [0.15, 0.2) is 42.6 Å².